The van der Waals surface area contributed by atoms with E-state index in [1.165, 1.54) is 12.0 Å². The summed E-state index contributed by atoms with van der Waals surface area (Å²) in [6, 6.07) is 8.75. The third kappa shape index (κ3) is 4.06. The van der Waals surface area contributed by atoms with Gasteiger partial charge in [-0.1, -0.05) is 6.07 Å². The lowest BCUT2D eigenvalue weighted by molar-refractivity contribution is -0.137. The first kappa shape index (κ1) is 20.7. The number of methoxy groups -OCH3 is 1. The average molecular weight is 406 g/mol. The second-order valence-electron chi connectivity index (χ2n) is 6.91. The number of aryl methyl sites for hydroxylation is 1. The summed E-state index contributed by atoms with van der Waals surface area (Å²) in [5.74, 6) is -0.200. The van der Waals surface area contributed by atoms with Gasteiger partial charge < -0.3 is 14.5 Å². The molecule has 5 nitrogen and oxygen atoms in total. The van der Waals surface area contributed by atoms with Crippen molar-refractivity contribution < 1.29 is 27.5 Å². The minimum Gasteiger partial charge on any atom is -0.495 e. The van der Waals surface area contributed by atoms with Gasteiger partial charge in [-0.05, 0) is 55.8 Å². The first-order valence-corrected chi connectivity index (χ1v) is 9.07. The number of halogens is 3. The Labute approximate surface area is 166 Å². The zero-order valence-corrected chi connectivity index (χ0v) is 16.3. The SMILES string of the molecule is COc1ccc(C)cc1N1CCN(C(=O)c2ccc(C(F)(F)F)cc2)C(C)C1=O. The molecule has 29 heavy (non-hydrogen) atoms. The standard InChI is InChI=1S/C21H21F3N2O3/c1-13-4-9-18(29-3)17(12-13)26-11-10-25(14(2)19(26)27)20(28)15-5-7-16(8-6-15)21(22,23)24/h4-9,12,14H,10-11H2,1-3H3. The normalized spacial score (nSPS) is 17.4. The van der Waals surface area contributed by atoms with Crippen LogP contribution in [-0.2, 0) is 11.0 Å². The van der Waals surface area contributed by atoms with E-state index in [-0.39, 0.29) is 24.6 Å². The Bertz CT molecular complexity index is 926. The summed E-state index contributed by atoms with van der Waals surface area (Å²) < 4.78 is 43.5. The molecule has 1 fully saturated rings. The number of ether oxygens (including phenoxy) is 1. The quantitative estimate of drug-likeness (QED) is 0.777. The molecular formula is C21H21F3N2O3. The fraction of sp³-hybridized carbons (Fsp3) is 0.333. The molecule has 154 valence electrons. The fourth-order valence-corrected chi connectivity index (χ4v) is 3.37. The summed E-state index contributed by atoms with van der Waals surface area (Å²) in [4.78, 5) is 28.7. The van der Waals surface area contributed by atoms with Crippen molar-refractivity contribution in [2.45, 2.75) is 26.1 Å². The number of rotatable bonds is 3. The molecule has 1 aliphatic rings. The van der Waals surface area contributed by atoms with Gasteiger partial charge in [0.25, 0.3) is 5.91 Å². The van der Waals surface area contributed by atoms with Crippen LogP contribution in [0.5, 0.6) is 5.75 Å². The number of hydrogen-bond acceptors (Lipinski definition) is 3. The van der Waals surface area contributed by atoms with Crippen LogP contribution in [0, 0.1) is 6.92 Å². The summed E-state index contributed by atoms with van der Waals surface area (Å²) in [6.07, 6.45) is -4.47. The molecule has 1 heterocycles. The molecule has 1 aliphatic heterocycles. The highest BCUT2D eigenvalue weighted by molar-refractivity contribution is 6.04. The lowest BCUT2D eigenvalue weighted by atomic mass is 10.1. The molecule has 2 amide bonds. The van der Waals surface area contributed by atoms with Crippen LogP contribution in [0.4, 0.5) is 18.9 Å². The average Bonchev–Trinajstić information content (AvgIpc) is 2.69. The topological polar surface area (TPSA) is 49.9 Å². The van der Waals surface area contributed by atoms with Gasteiger partial charge in [-0.3, -0.25) is 9.59 Å². The van der Waals surface area contributed by atoms with Crippen LogP contribution in [0.1, 0.15) is 28.4 Å². The van der Waals surface area contributed by atoms with Crippen molar-refractivity contribution in [2.75, 3.05) is 25.1 Å². The zero-order valence-electron chi connectivity index (χ0n) is 16.3. The third-order valence-electron chi connectivity index (χ3n) is 5.00. The number of alkyl halides is 3. The minimum atomic E-state index is -4.47. The van der Waals surface area contributed by atoms with E-state index in [1.807, 2.05) is 19.1 Å². The van der Waals surface area contributed by atoms with Gasteiger partial charge in [-0.2, -0.15) is 13.2 Å². The Balaban J connectivity index is 1.81. The van der Waals surface area contributed by atoms with Crippen molar-refractivity contribution in [3.05, 3.63) is 59.2 Å². The van der Waals surface area contributed by atoms with Gasteiger partial charge in [0.2, 0.25) is 5.91 Å². The fourth-order valence-electron chi connectivity index (χ4n) is 3.37. The molecule has 0 spiro atoms. The number of nitrogens with zero attached hydrogens (tertiary/aromatic N) is 2. The Morgan fingerprint density at radius 1 is 1.10 bits per heavy atom. The first-order chi connectivity index (χ1) is 13.6. The largest absolute Gasteiger partial charge is 0.495 e. The third-order valence-corrected chi connectivity index (χ3v) is 5.00. The van der Waals surface area contributed by atoms with Gasteiger partial charge in [-0.25, -0.2) is 0 Å². The Hall–Kier alpha value is -3.03. The number of hydrogen-bond donors (Lipinski definition) is 0. The van der Waals surface area contributed by atoms with Gasteiger partial charge in [0.1, 0.15) is 11.8 Å². The number of benzene rings is 2. The van der Waals surface area contributed by atoms with Gasteiger partial charge in [0, 0.05) is 18.7 Å². The molecule has 0 aliphatic carbocycles. The molecule has 1 saturated heterocycles. The lowest BCUT2D eigenvalue weighted by Gasteiger charge is -2.39. The summed E-state index contributed by atoms with van der Waals surface area (Å²) >= 11 is 0. The second kappa shape index (κ2) is 7.77. The molecule has 0 radical (unpaired) electrons. The van der Waals surface area contributed by atoms with Gasteiger partial charge in [0.05, 0.1) is 18.4 Å². The van der Waals surface area contributed by atoms with Crippen molar-refractivity contribution in [1.29, 1.82) is 0 Å². The van der Waals surface area contributed by atoms with Crippen molar-refractivity contribution in [2.24, 2.45) is 0 Å². The summed E-state index contributed by atoms with van der Waals surface area (Å²) in [6.45, 7) is 4.03. The summed E-state index contributed by atoms with van der Waals surface area (Å²) in [5, 5.41) is 0. The van der Waals surface area contributed by atoms with Crippen LogP contribution in [-0.4, -0.2) is 43.0 Å². The summed E-state index contributed by atoms with van der Waals surface area (Å²) in [7, 11) is 1.52. The monoisotopic (exact) mass is 406 g/mol. The van der Waals surface area contributed by atoms with Crippen LogP contribution in [0.25, 0.3) is 0 Å². The molecule has 1 atom stereocenters. The molecule has 0 N–H and O–H groups in total. The van der Waals surface area contributed by atoms with Gasteiger partial charge in [0.15, 0.2) is 0 Å². The van der Waals surface area contributed by atoms with Gasteiger partial charge in [-0.15, -0.1) is 0 Å². The maximum atomic E-state index is 13.0. The van der Waals surface area contributed by atoms with Crippen LogP contribution < -0.4 is 9.64 Å². The van der Waals surface area contributed by atoms with Crippen LogP contribution in [0.15, 0.2) is 42.5 Å². The van der Waals surface area contributed by atoms with E-state index in [0.29, 0.717) is 11.4 Å². The molecule has 0 aromatic heterocycles. The number of anilines is 1. The lowest BCUT2D eigenvalue weighted by Crippen LogP contribution is -2.57. The van der Waals surface area contributed by atoms with E-state index in [1.54, 1.807) is 17.9 Å². The smallest absolute Gasteiger partial charge is 0.416 e. The van der Waals surface area contributed by atoms with Gasteiger partial charge >= 0.3 is 6.18 Å². The van der Waals surface area contributed by atoms with Crippen molar-refractivity contribution >= 4 is 17.5 Å². The number of carbonyl (C=O) groups excluding carboxylic acids is 2. The molecule has 8 heteroatoms. The maximum Gasteiger partial charge on any atom is 0.416 e. The number of amides is 2. The van der Waals surface area contributed by atoms with Crippen LogP contribution in [0.2, 0.25) is 0 Å². The van der Waals surface area contributed by atoms with E-state index >= 15 is 0 Å². The van der Waals surface area contributed by atoms with E-state index in [9.17, 15) is 22.8 Å². The molecule has 3 rings (SSSR count). The number of carbonyl (C=O) groups is 2. The van der Waals surface area contributed by atoms with Crippen molar-refractivity contribution in [1.82, 2.24) is 4.90 Å². The molecular weight excluding hydrogens is 385 g/mol. The number of piperazine rings is 1. The van der Waals surface area contributed by atoms with E-state index in [2.05, 4.69) is 0 Å². The van der Waals surface area contributed by atoms with Crippen molar-refractivity contribution in [3.8, 4) is 5.75 Å². The van der Waals surface area contributed by atoms with E-state index < -0.39 is 23.7 Å². The predicted octanol–water partition coefficient (Wildman–Crippen LogP) is 3.90. The maximum absolute atomic E-state index is 13.0. The Morgan fingerprint density at radius 2 is 1.76 bits per heavy atom. The Kier molecular flexibility index (Phi) is 5.55. The zero-order chi connectivity index (χ0) is 21.3. The highest BCUT2D eigenvalue weighted by Gasteiger charge is 2.37. The molecule has 0 bridgehead atoms. The Morgan fingerprint density at radius 3 is 2.34 bits per heavy atom. The van der Waals surface area contributed by atoms with E-state index in [0.717, 1.165) is 29.8 Å². The molecule has 2 aromatic carbocycles. The first-order valence-electron chi connectivity index (χ1n) is 9.07. The van der Waals surface area contributed by atoms with Crippen LogP contribution >= 0.6 is 0 Å². The van der Waals surface area contributed by atoms with Crippen molar-refractivity contribution in [3.63, 3.8) is 0 Å². The van der Waals surface area contributed by atoms with Crippen LogP contribution in [0.3, 0.4) is 0 Å². The highest BCUT2D eigenvalue weighted by atomic mass is 19.4. The summed E-state index contributed by atoms with van der Waals surface area (Å²) in [5.41, 5.74) is 0.879. The molecule has 2 aromatic rings. The van der Waals surface area contributed by atoms with E-state index in [4.69, 9.17) is 4.74 Å². The predicted molar refractivity (Wildman–Crippen MR) is 102 cm³/mol. The minimum absolute atomic E-state index is 0.110. The highest BCUT2D eigenvalue weighted by Crippen LogP contribution is 2.32. The molecule has 0 saturated carbocycles. The molecule has 1 unspecified atom stereocenters. The second-order valence-corrected chi connectivity index (χ2v) is 6.91.